The zero-order valence-electron chi connectivity index (χ0n) is 8.78. The molecule has 1 heterocycles. The van der Waals surface area contributed by atoms with Crippen molar-refractivity contribution in [3.63, 3.8) is 0 Å². The summed E-state index contributed by atoms with van der Waals surface area (Å²) < 4.78 is 5.65. The van der Waals surface area contributed by atoms with E-state index in [0.717, 1.165) is 0 Å². The molecule has 2 rings (SSSR count). The Bertz CT molecular complexity index is 268. The van der Waals surface area contributed by atoms with Crippen molar-refractivity contribution in [3.8, 4) is 0 Å². The lowest BCUT2D eigenvalue weighted by molar-refractivity contribution is 0.361. The van der Waals surface area contributed by atoms with Crippen molar-refractivity contribution in [1.82, 2.24) is 0 Å². The first-order chi connectivity index (χ1) is 6.92. The molecule has 1 fully saturated rings. The predicted molar refractivity (Wildman–Crippen MR) is 58.2 cm³/mol. The van der Waals surface area contributed by atoms with Crippen LogP contribution in [-0.4, -0.2) is 6.10 Å². The summed E-state index contributed by atoms with van der Waals surface area (Å²) in [6.07, 6.45) is 6.07. The molecule has 1 aromatic rings. The standard InChI is InChI=1S/C13H18O/c1-2-3-5-10-12-13(14-12)11-8-6-4-7-9-11/h4,6-9,12-13H,2-3,5,10H2,1H3/t12-,13-/m1/s1. The Morgan fingerprint density at radius 2 is 1.93 bits per heavy atom. The molecule has 1 nitrogen and oxygen atoms in total. The Morgan fingerprint density at radius 1 is 1.14 bits per heavy atom. The predicted octanol–water partition coefficient (Wildman–Crippen LogP) is 3.71. The van der Waals surface area contributed by atoms with Crippen LogP contribution in [0.4, 0.5) is 0 Å². The van der Waals surface area contributed by atoms with E-state index in [1.807, 2.05) is 0 Å². The highest BCUT2D eigenvalue weighted by Crippen LogP contribution is 2.41. The maximum atomic E-state index is 5.65. The average Bonchev–Trinajstić information content (AvgIpc) is 2.99. The van der Waals surface area contributed by atoms with Gasteiger partial charge < -0.3 is 4.74 Å². The highest BCUT2D eigenvalue weighted by atomic mass is 16.6. The molecule has 1 aromatic carbocycles. The van der Waals surface area contributed by atoms with Gasteiger partial charge in [-0.2, -0.15) is 0 Å². The van der Waals surface area contributed by atoms with Gasteiger partial charge >= 0.3 is 0 Å². The molecule has 76 valence electrons. The fourth-order valence-corrected chi connectivity index (χ4v) is 1.89. The summed E-state index contributed by atoms with van der Waals surface area (Å²) in [5.74, 6) is 0. The van der Waals surface area contributed by atoms with Gasteiger partial charge in [0.15, 0.2) is 0 Å². The fraction of sp³-hybridized carbons (Fsp3) is 0.538. The maximum absolute atomic E-state index is 5.65. The molecule has 0 bridgehead atoms. The smallest absolute Gasteiger partial charge is 0.109 e. The van der Waals surface area contributed by atoms with Gasteiger partial charge in [-0.1, -0.05) is 56.5 Å². The Labute approximate surface area is 86.1 Å². The highest BCUT2D eigenvalue weighted by Gasteiger charge is 2.38. The lowest BCUT2D eigenvalue weighted by atomic mass is 10.1. The van der Waals surface area contributed by atoms with E-state index in [1.54, 1.807) is 0 Å². The molecule has 1 heteroatoms. The third-order valence-electron chi connectivity index (χ3n) is 2.80. The van der Waals surface area contributed by atoms with Crippen molar-refractivity contribution in [2.75, 3.05) is 0 Å². The molecular weight excluding hydrogens is 172 g/mol. The minimum absolute atomic E-state index is 0.396. The van der Waals surface area contributed by atoms with E-state index in [2.05, 4.69) is 37.3 Å². The second-order valence-corrected chi connectivity index (χ2v) is 4.00. The number of benzene rings is 1. The van der Waals surface area contributed by atoms with Crippen molar-refractivity contribution in [3.05, 3.63) is 35.9 Å². The Hall–Kier alpha value is -0.820. The second kappa shape index (κ2) is 4.61. The summed E-state index contributed by atoms with van der Waals surface area (Å²) in [5, 5.41) is 0. The van der Waals surface area contributed by atoms with Crippen molar-refractivity contribution in [1.29, 1.82) is 0 Å². The van der Waals surface area contributed by atoms with Crippen molar-refractivity contribution >= 4 is 0 Å². The van der Waals surface area contributed by atoms with Crippen LogP contribution in [0, 0.1) is 0 Å². The molecule has 0 N–H and O–H groups in total. The van der Waals surface area contributed by atoms with Gasteiger partial charge in [0.2, 0.25) is 0 Å². The van der Waals surface area contributed by atoms with Gasteiger partial charge in [-0.3, -0.25) is 0 Å². The topological polar surface area (TPSA) is 12.5 Å². The molecule has 0 aromatic heterocycles. The normalized spacial score (nSPS) is 24.9. The Balaban J connectivity index is 1.76. The van der Waals surface area contributed by atoms with Crippen LogP contribution in [0.1, 0.15) is 44.3 Å². The van der Waals surface area contributed by atoms with Crippen molar-refractivity contribution in [2.24, 2.45) is 0 Å². The SMILES string of the molecule is CCCCC[C@H]1O[C@@H]1c1ccccc1. The highest BCUT2D eigenvalue weighted by molar-refractivity contribution is 5.22. The zero-order valence-corrected chi connectivity index (χ0v) is 8.78. The van der Waals surface area contributed by atoms with E-state index in [-0.39, 0.29) is 0 Å². The summed E-state index contributed by atoms with van der Waals surface area (Å²) >= 11 is 0. The molecular formula is C13H18O. The first kappa shape index (κ1) is 9.72. The summed E-state index contributed by atoms with van der Waals surface area (Å²) in [4.78, 5) is 0. The molecule has 0 unspecified atom stereocenters. The molecule has 14 heavy (non-hydrogen) atoms. The van der Waals surface area contributed by atoms with Crippen LogP contribution < -0.4 is 0 Å². The minimum Gasteiger partial charge on any atom is -0.365 e. The number of ether oxygens (including phenoxy) is 1. The lowest BCUT2D eigenvalue weighted by Crippen LogP contribution is -1.88. The van der Waals surface area contributed by atoms with Gasteiger partial charge in [-0.25, -0.2) is 0 Å². The molecule has 0 aliphatic carbocycles. The fourth-order valence-electron chi connectivity index (χ4n) is 1.89. The van der Waals surface area contributed by atoms with Crippen molar-refractivity contribution in [2.45, 2.75) is 44.8 Å². The molecule has 1 aliphatic heterocycles. The summed E-state index contributed by atoms with van der Waals surface area (Å²) in [5.41, 5.74) is 1.34. The zero-order chi connectivity index (χ0) is 9.80. The average molecular weight is 190 g/mol. The van der Waals surface area contributed by atoms with Gasteiger partial charge in [0, 0.05) is 0 Å². The first-order valence-electron chi connectivity index (χ1n) is 5.62. The van der Waals surface area contributed by atoms with Crippen LogP contribution in [0.2, 0.25) is 0 Å². The number of hydrogen-bond donors (Lipinski definition) is 0. The van der Waals surface area contributed by atoms with Gasteiger partial charge in [0.25, 0.3) is 0 Å². The molecule has 0 spiro atoms. The van der Waals surface area contributed by atoms with Gasteiger partial charge in [-0.15, -0.1) is 0 Å². The van der Waals surface area contributed by atoms with Gasteiger partial charge in [0.1, 0.15) is 6.10 Å². The van der Waals surface area contributed by atoms with Gasteiger partial charge in [-0.05, 0) is 12.0 Å². The van der Waals surface area contributed by atoms with Crippen LogP contribution in [0.25, 0.3) is 0 Å². The van der Waals surface area contributed by atoms with Crippen LogP contribution in [0.3, 0.4) is 0 Å². The molecule has 2 atom stereocenters. The van der Waals surface area contributed by atoms with Crippen LogP contribution in [-0.2, 0) is 4.74 Å². The number of epoxide rings is 1. The minimum atomic E-state index is 0.396. The molecule has 1 aliphatic rings. The number of unbranched alkanes of at least 4 members (excludes halogenated alkanes) is 2. The van der Waals surface area contributed by atoms with E-state index in [9.17, 15) is 0 Å². The molecule has 0 amide bonds. The van der Waals surface area contributed by atoms with E-state index < -0.39 is 0 Å². The maximum Gasteiger partial charge on any atom is 0.109 e. The van der Waals surface area contributed by atoms with E-state index in [4.69, 9.17) is 4.74 Å². The lowest BCUT2D eigenvalue weighted by Gasteiger charge is -1.95. The second-order valence-electron chi connectivity index (χ2n) is 4.00. The summed E-state index contributed by atoms with van der Waals surface area (Å²) in [7, 11) is 0. The number of rotatable bonds is 5. The Morgan fingerprint density at radius 3 is 2.64 bits per heavy atom. The molecule has 0 radical (unpaired) electrons. The van der Waals surface area contributed by atoms with Crippen LogP contribution in [0.15, 0.2) is 30.3 Å². The monoisotopic (exact) mass is 190 g/mol. The third kappa shape index (κ3) is 2.36. The van der Waals surface area contributed by atoms with Crippen LogP contribution in [0.5, 0.6) is 0 Å². The number of hydrogen-bond acceptors (Lipinski definition) is 1. The largest absolute Gasteiger partial charge is 0.365 e. The first-order valence-corrected chi connectivity index (χ1v) is 5.62. The van der Waals surface area contributed by atoms with E-state index in [0.29, 0.717) is 12.2 Å². The molecule has 0 saturated carbocycles. The summed E-state index contributed by atoms with van der Waals surface area (Å²) in [6, 6.07) is 10.5. The quantitative estimate of drug-likeness (QED) is 0.509. The van der Waals surface area contributed by atoms with Crippen LogP contribution >= 0.6 is 0 Å². The van der Waals surface area contributed by atoms with E-state index in [1.165, 1.54) is 31.2 Å². The summed E-state index contributed by atoms with van der Waals surface area (Å²) in [6.45, 7) is 2.24. The van der Waals surface area contributed by atoms with E-state index >= 15 is 0 Å². The van der Waals surface area contributed by atoms with Crippen molar-refractivity contribution < 1.29 is 4.74 Å². The molecule has 1 saturated heterocycles. The Kier molecular flexibility index (Phi) is 3.20. The van der Waals surface area contributed by atoms with Gasteiger partial charge in [0.05, 0.1) is 6.10 Å². The third-order valence-corrected chi connectivity index (χ3v) is 2.80.